The zero-order chi connectivity index (χ0) is 11.5. The van der Waals surface area contributed by atoms with Crippen molar-refractivity contribution in [3.63, 3.8) is 0 Å². The Morgan fingerprint density at radius 3 is 3.19 bits per heavy atom. The molecule has 2 aromatic heterocycles. The van der Waals surface area contributed by atoms with E-state index in [-0.39, 0.29) is 12.5 Å². The number of rotatable bonds is 3. The van der Waals surface area contributed by atoms with Crippen LogP contribution in [0.5, 0.6) is 0 Å². The Kier molecular flexibility index (Phi) is 2.86. The van der Waals surface area contributed by atoms with Gasteiger partial charge in [0.25, 0.3) is 5.78 Å². The van der Waals surface area contributed by atoms with Crippen molar-refractivity contribution in [2.24, 2.45) is 0 Å². The highest BCUT2D eigenvalue weighted by Gasteiger charge is 2.06. The van der Waals surface area contributed by atoms with E-state index in [0.717, 1.165) is 0 Å². The molecule has 0 bridgehead atoms. The lowest BCUT2D eigenvalue weighted by atomic mass is 10.5. The minimum absolute atomic E-state index is 0.131. The fourth-order valence-electron chi connectivity index (χ4n) is 1.17. The summed E-state index contributed by atoms with van der Waals surface area (Å²) in [7, 11) is 1.56. The fourth-order valence-corrected chi connectivity index (χ4v) is 1.35. The number of carbonyl (C=O) groups is 1. The van der Waals surface area contributed by atoms with E-state index in [9.17, 15) is 4.79 Å². The minimum atomic E-state index is -0.138. The maximum Gasteiger partial charge on any atom is 0.255 e. The number of hydrogen-bond acceptors (Lipinski definition) is 5. The number of amides is 1. The highest BCUT2D eigenvalue weighted by molar-refractivity contribution is 6.29. The van der Waals surface area contributed by atoms with Crippen molar-refractivity contribution in [2.75, 3.05) is 18.9 Å². The van der Waals surface area contributed by atoms with Gasteiger partial charge in [0.1, 0.15) is 17.3 Å². The molecule has 0 aromatic carbocycles. The molecule has 2 rings (SSSR count). The first kappa shape index (κ1) is 10.6. The average molecular weight is 241 g/mol. The standard InChI is InChI=1S/C8H9ClN6O/c1-10-7(16)3-11-6-2-5(9)14-8-12-4-13-15(6)8/h2,4,11H,3H2,1H3,(H,10,16). The quantitative estimate of drug-likeness (QED) is 0.734. The summed E-state index contributed by atoms with van der Waals surface area (Å²) in [6, 6.07) is 1.58. The summed E-state index contributed by atoms with van der Waals surface area (Å²) in [4.78, 5) is 18.9. The third-order valence-corrected chi connectivity index (χ3v) is 2.12. The Balaban J connectivity index is 2.28. The maximum atomic E-state index is 11.1. The molecule has 8 heteroatoms. The lowest BCUT2D eigenvalue weighted by Crippen LogP contribution is -2.26. The maximum absolute atomic E-state index is 11.1. The van der Waals surface area contributed by atoms with Crippen LogP contribution >= 0.6 is 11.6 Å². The van der Waals surface area contributed by atoms with Gasteiger partial charge < -0.3 is 10.6 Å². The van der Waals surface area contributed by atoms with Crippen molar-refractivity contribution in [3.05, 3.63) is 17.5 Å². The van der Waals surface area contributed by atoms with Gasteiger partial charge in [-0.05, 0) is 0 Å². The van der Waals surface area contributed by atoms with Gasteiger partial charge in [0.2, 0.25) is 5.91 Å². The van der Waals surface area contributed by atoms with Gasteiger partial charge >= 0.3 is 0 Å². The lowest BCUT2D eigenvalue weighted by Gasteiger charge is -2.06. The molecule has 84 valence electrons. The number of hydrogen-bond donors (Lipinski definition) is 2. The predicted octanol–water partition coefficient (Wildman–Crippen LogP) is -0.0644. The molecular weight excluding hydrogens is 232 g/mol. The molecule has 0 aliphatic carbocycles. The SMILES string of the molecule is CNC(=O)CNc1cc(Cl)nc2ncnn12. The van der Waals surface area contributed by atoms with Crippen LogP contribution < -0.4 is 10.6 Å². The molecule has 0 saturated carbocycles. The molecule has 2 aromatic rings. The Morgan fingerprint density at radius 2 is 2.44 bits per heavy atom. The number of nitrogens with one attached hydrogen (secondary N) is 2. The van der Waals surface area contributed by atoms with Crippen LogP contribution in [0.3, 0.4) is 0 Å². The highest BCUT2D eigenvalue weighted by atomic mass is 35.5. The first-order valence-electron chi connectivity index (χ1n) is 4.51. The van der Waals surface area contributed by atoms with Crippen molar-refractivity contribution in [1.82, 2.24) is 24.9 Å². The van der Waals surface area contributed by atoms with E-state index < -0.39 is 0 Å². The smallest absolute Gasteiger partial charge is 0.255 e. The van der Waals surface area contributed by atoms with Crippen molar-refractivity contribution >= 4 is 29.1 Å². The number of likely N-dealkylation sites (N-methyl/N-ethyl adjacent to an activating group) is 1. The van der Waals surface area contributed by atoms with E-state index in [4.69, 9.17) is 11.6 Å². The molecule has 0 saturated heterocycles. The van der Waals surface area contributed by atoms with Gasteiger partial charge in [-0.2, -0.15) is 19.6 Å². The van der Waals surface area contributed by atoms with Crippen LogP contribution in [0, 0.1) is 0 Å². The van der Waals surface area contributed by atoms with Crippen LogP contribution in [0.25, 0.3) is 5.78 Å². The van der Waals surface area contributed by atoms with E-state index in [1.165, 1.54) is 10.8 Å². The van der Waals surface area contributed by atoms with E-state index in [2.05, 4.69) is 25.7 Å². The lowest BCUT2D eigenvalue weighted by molar-refractivity contribution is -0.118. The third kappa shape index (κ3) is 2.03. The summed E-state index contributed by atoms with van der Waals surface area (Å²) < 4.78 is 1.47. The van der Waals surface area contributed by atoms with E-state index in [0.29, 0.717) is 16.7 Å². The zero-order valence-corrected chi connectivity index (χ0v) is 9.19. The normalized spacial score (nSPS) is 10.4. The van der Waals surface area contributed by atoms with Crippen molar-refractivity contribution < 1.29 is 4.79 Å². The van der Waals surface area contributed by atoms with Gasteiger partial charge in [0.05, 0.1) is 6.54 Å². The summed E-state index contributed by atoms with van der Waals surface area (Å²) in [6.45, 7) is 0.131. The molecule has 0 fully saturated rings. The Morgan fingerprint density at radius 1 is 1.62 bits per heavy atom. The number of carbonyl (C=O) groups excluding carboxylic acids is 1. The second kappa shape index (κ2) is 4.31. The van der Waals surface area contributed by atoms with Crippen LogP contribution in [0.1, 0.15) is 0 Å². The molecule has 0 atom stereocenters. The largest absolute Gasteiger partial charge is 0.361 e. The van der Waals surface area contributed by atoms with Gasteiger partial charge in [0, 0.05) is 13.1 Å². The van der Waals surface area contributed by atoms with Crippen LogP contribution in [-0.2, 0) is 4.79 Å². The average Bonchev–Trinajstić information content (AvgIpc) is 2.73. The van der Waals surface area contributed by atoms with Crippen LogP contribution in [0.15, 0.2) is 12.4 Å². The molecule has 7 nitrogen and oxygen atoms in total. The molecule has 0 aliphatic heterocycles. The molecule has 1 amide bonds. The first-order chi connectivity index (χ1) is 7.70. The third-order valence-electron chi connectivity index (χ3n) is 1.93. The summed E-state index contributed by atoms with van der Waals surface area (Å²) in [5.74, 6) is 0.809. The van der Waals surface area contributed by atoms with Crippen molar-refractivity contribution in [3.8, 4) is 0 Å². The van der Waals surface area contributed by atoms with E-state index in [1.54, 1.807) is 13.1 Å². The minimum Gasteiger partial charge on any atom is -0.361 e. The molecule has 0 radical (unpaired) electrons. The number of nitrogens with zero attached hydrogens (tertiary/aromatic N) is 4. The van der Waals surface area contributed by atoms with Gasteiger partial charge in [-0.1, -0.05) is 11.6 Å². The Bertz CT molecular complexity index is 524. The molecule has 0 unspecified atom stereocenters. The molecular formula is C8H9ClN6O. The summed E-state index contributed by atoms with van der Waals surface area (Å²) in [5, 5.41) is 9.63. The molecule has 2 N–H and O–H groups in total. The van der Waals surface area contributed by atoms with Gasteiger partial charge in [-0.15, -0.1) is 0 Å². The van der Waals surface area contributed by atoms with Gasteiger partial charge in [-0.3, -0.25) is 4.79 Å². The number of anilines is 1. The number of halogens is 1. The van der Waals surface area contributed by atoms with E-state index in [1.807, 2.05) is 0 Å². The Labute approximate surface area is 95.8 Å². The predicted molar refractivity (Wildman–Crippen MR) is 58.3 cm³/mol. The zero-order valence-electron chi connectivity index (χ0n) is 8.44. The second-order valence-corrected chi connectivity index (χ2v) is 3.35. The Hall–Kier alpha value is -1.89. The molecule has 0 spiro atoms. The van der Waals surface area contributed by atoms with Crippen LogP contribution in [-0.4, -0.2) is 39.1 Å². The van der Waals surface area contributed by atoms with Crippen LogP contribution in [0.4, 0.5) is 5.82 Å². The summed E-state index contributed by atoms with van der Waals surface area (Å²) in [5.41, 5.74) is 0. The number of fused-ring (bicyclic) bond motifs is 1. The summed E-state index contributed by atoms with van der Waals surface area (Å²) >= 11 is 5.80. The molecule has 16 heavy (non-hydrogen) atoms. The van der Waals surface area contributed by atoms with Crippen LogP contribution in [0.2, 0.25) is 5.15 Å². The topological polar surface area (TPSA) is 84.2 Å². The van der Waals surface area contributed by atoms with Gasteiger partial charge in [-0.25, -0.2) is 0 Å². The molecule has 0 aliphatic rings. The fraction of sp³-hybridized carbons (Fsp3) is 0.250. The first-order valence-corrected chi connectivity index (χ1v) is 4.89. The van der Waals surface area contributed by atoms with E-state index >= 15 is 0 Å². The van der Waals surface area contributed by atoms with Crippen molar-refractivity contribution in [2.45, 2.75) is 0 Å². The van der Waals surface area contributed by atoms with Gasteiger partial charge in [0.15, 0.2) is 0 Å². The monoisotopic (exact) mass is 240 g/mol. The second-order valence-electron chi connectivity index (χ2n) is 2.96. The highest BCUT2D eigenvalue weighted by Crippen LogP contribution is 2.13. The molecule has 2 heterocycles. The van der Waals surface area contributed by atoms with Crippen molar-refractivity contribution in [1.29, 1.82) is 0 Å². The summed E-state index contributed by atoms with van der Waals surface area (Å²) in [6.07, 6.45) is 1.36. The number of aromatic nitrogens is 4.